The lowest BCUT2D eigenvalue weighted by molar-refractivity contribution is 0.198. The predicted octanol–water partition coefficient (Wildman–Crippen LogP) is 3.62. The maximum atomic E-state index is 4.75. The molecular formula is C18H21N5S. The number of nitrogens with zero attached hydrogens (tertiary/aromatic N) is 4. The smallest absolute Gasteiger partial charge is 0.181 e. The number of benzene rings is 1. The van der Waals surface area contributed by atoms with Crippen LogP contribution in [0.5, 0.6) is 0 Å². The predicted molar refractivity (Wildman–Crippen MR) is 95.9 cm³/mol. The van der Waals surface area contributed by atoms with Gasteiger partial charge in [-0.05, 0) is 26.3 Å². The van der Waals surface area contributed by atoms with E-state index in [1.165, 1.54) is 17.7 Å². The Morgan fingerprint density at radius 2 is 2.17 bits per heavy atom. The molecule has 0 radical (unpaired) electrons. The topological polar surface area (TPSA) is 57.7 Å². The van der Waals surface area contributed by atoms with Crippen LogP contribution in [0.1, 0.15) is 35.2 Å². The molecule has 0 bridgehead atoms. The molecule has 1 unspecified atom stereocenters. The van der Waals surface area contributed by atoms with Crippen LogP contribution in [-0.4, -0.2) is 38.2 Å². The monoisotopic (exact) mass is 339 g/mol. The maximum Gasteiger partial charge on any atom is 0.181 e. The number of thiazole rings is 1. The van der Waals surface area contributed by atoms with E-state index in [-0.39, 0.29) is 0 Å². The Hall–Kier alpha value is -2.05. The van der Waals surface area contributed by atoms with Gasteiger partial charge in [-0.2, -0.15) is 5.10 Å². The number of piperidine rings is 1. The van der Waals surface area contributed by atoms with Gasteiger partial charge in [0.05, 0.1) is 11.2 Å². The van der Waals surface area contributed by atoms with Gasteiger partial charge in [-0.15, -0.1) is 11.3 Å². The highest BCUT2D eigenvalue weighted by atomic mass is 32.1. The summed E-state index contributed by atoms with van der Waals surface area (Å²) in [7, 11) is 0. The minimum absolute atomic E-state index is 0.428. The molecule has 0 saturated carbocycles. The van der Waals surface area contributed by atoms with E-state index >= 15 is 0 Å². The molecule has 1 saturated heterocycles. The molecule has 1 aliphatic rings. The number of aromatic nitrogens is 4. The van der Waals surface area contributed by atoms with E-state index in [1.54, 1.807) is 11.3 Å². The maximum absolute atomic E-state index is 4.75. The summed E-state index contributed by atoms with van der Waals surface area (Å²) in [6, 6.07) is 10.1. The zero-order chi connectivity index (χ0) is 16.4. The number of rotatable bonds is 4. The molecule has 3 heterocycles. The standard InChI is InChI=1S/C18H21N5S/c1-13-16(24-12-19-13)11-23-9-5-8-15(10-23)18-20-17(21-22-18)14-6-3-2-4-7-14/h2-4,6-7,12,15H,5,8-11H2,1H3,(H,20,21,22). The van der Waals surface area contributed by atoms with Crippen LogP contribution in [0.3, 0.4) is 0 Å². The third-order valence-electron chi connectivity index (χ3n) is 4.64. The van der Waals surface area contributed by atoms with Crippen molar-refractivity contribution in [3.63, 3.8) is 0 Å². The van der Waals surface area contributed by atoms with Crippen molar-refractivity contribution < 1.29 is 0 Å². The van der Waals surface area contributed by atoms with E-state index in [0.717, 1.165) is 42.5 Å². The van der Waals surface area contributed by atoms with E-state index in [2.05, 4.69) is 27.0 Å². The fraction of sp³-hybridized carbons (Fsp3) is 0.389. The van der Waals surface area contributed by atoms with Crippen molar-refractivity contribution in [1.82, 2.24) is 25.1 Å². The van der Waals surface area contributed by atoms with Gasteiger partial charge in [0.25, 0.3) is 0 Å². The molecule has 1 N–H and O–H groups in total. The molecule has 24 heavy (non-hydrogen) atoms. The third kappa shape index (κ3) is 3.25. The SMILES string of the molecule is Cc1ncsc1CN1CCCC(c2nc(-c3ccccc3)n[nH]2)C1. The van der Waals surface area contributed by atoms with Crippen LogP contribution in [0.15, 0.2) is 35.8 Å². The molecule has 1 aromatic carbocycles. The Bertz CT molecular complexity index is 795. The van der Waals surface area contributed by atoms with Crippen molar-refractivity contribution in [2.45, 2.75) is 32.2 Å². The van der Waals surface area contributed by atoms with Crippen LogP contribution in [-0.2, 0) is 6.54 Å². The number of aryl methyl sites for hydroxylation is 1. The second-order valence-electron chi connectivity index (χ2n) is 6.35. The molecule has 124 valence electrons. The summed E-state index contributed by atoms with van der Waals surface area (Å²) in [6.07, 6.45) is 2.37. The lowest BCUT2D eigenvalue weighted by atomic mass is 9.97. The third-order valence-corrected chi connectivity index (χ3v) is 5.56. The highest BCUT2D eigenvalue weighted by Crippen LogP contribution is 2.27. The van der Waals surface area contributed by atoms with Crippen molar-refractivity contribution in [3.8, 4) is 11.4 Å². The second kappa shape index (κ2) is 6.83. The first kappa shape index (κ1) is 15.5. The molecular weight excluding hydrogens is 318 g/mol. The van der Waals surface area contributed by atoms with Crippen molar-refractivity contribution in [2.24, 2.45) is 0 Å². The Kier molecular flexibility index (Phi) is 4.40. The van der Waals surface area contributed by atoms with E-state index < -0.39 is 0 Å². The number of H-pyrrole nitrogens is 1. The molecule has 0 spiro atoms. The zero-order valence-electron chi connectivity index (χ0n) is 13.8. The molecule has 4 rings (SSSR count). The summed E-state index contributed by atoms with van der Waals surface area (Å²) in [4.78, 5) is 13.0. The first-order valence-electron chi connectivity index (χ1n) is 8.38. The minimum atomic E-state index is 0.428. The number of aromatic amines is 1. The average molecular weight is 339 g/mol. The second-order valence-corrected chi connectivity index (χ2v) is 7.28. The van der Waals surface area contributed by atoms with Gasteiger partial charge in [0.15, 0.2) is 5.82 Å². The van der Waals surface area contributed by atoms with Crippen LogP contribution >= 0.6 is 11.3 Å². The molecule has 1 aliphatic heterocycles. The summed E-state index contributed by atoms with van der Waals surface area (Å²) in [6.45, 7) is 5.26. The van der Waals surface area contributed by atoms with Crippen molar-refractivity contribution in [2.75, 3.05) is 13.1 Å². The number of nitrogens with one attached hydrogen (secondary N) is 1. The molecule has 0 aliphatic carbocycles. The number of likely N-dealkylation sites (tertiary alicyclic amines) is 1. The fourth-order valence-corrected chi connectivity index (χ4v) is 4.10. The van der Waals surface area contributed by atoms with Crippen LogP contribution in [0.4, 0.5) is 0 Å². The van der Waals surface area contributed by atoms with E-state index in [0.29, 0.717) is 5.92 Å². The Morgan fingerprint density at radius 3 is 2.96 bits per heavy atom. The van der Waals surface area contributed by atoms with Crippen molar-refractivity contribution in [3.05, 3.63) is 52.2 Å². The van der Waals surface area contributed by atoms with Crippen molar-refractivity contribution >= 4 is 11.3 Å². The molecule has 6 heteroatoms. The zero-order valence-corrected chi connectivity index (χ0v) is 14.6. The van der Waals surface area contributed by atoms with Crippen LogP contribution in [0, 0.1) is 6.92 Å². The molecule has 1 atom stereocenters. The molecule has 5 nitrogen and oxygen atoms in total. The Morgan fingerprint density at radius 1 is 1.29 bits per heavy atom. The minimum Gasteiger partial charge on any atom is -0.297 e. The quantitative estimate of drug-likeness (QED) is 0.789. The summed E-state index contributed by atoms with van der Waals surface area (Å²) in [5, 5.41) is 7.58. The lowest BCUT2D eigenvalue weighted by Gasteiger charge is -2.31. The highest BCUT2D eigenvalue weighted by molar-refractivity contribution is 7.09. The van der Waals surface area contributed by atoms with Crippen molar-refractivity contribution in [1.29, 1.82) is 0 Å². The first-order valence-corrected chi connectivity index (χ1v) is 9.26. The van der Waals surface area contributed by atoms with Crippen LogP contribution < -0.4 is 0 Å². The normalized spacial score (nSPS) is 18.8. The molecule has 0 amide bonds. The Labute approximate surface area is 145 Å². The van der Waals surface area contributed by atoms with Gasteiger partial charge < -0.3 is 0 Å². The summed E-state index contributed by atoms with van der Waals surface area (Å²) < 4.78 is 0. The fourth-order valence-electron chi connectivity index (χ4n) is 3.28. The van der Waals surface area contributed by atoms with Gasteiger partial charge in [0, 0.05) is 29.4 Å². The molecule has 1 fully saturated rings. The summed E-state index contributed by atoms with van der Waals surface area (Å²) in [5.41, 5.74) is 4.16. The van der Waals surface area contributed by atoms with Gasteiger partial charge in [-0.3, -0.25) is 10.00 Å². The first-order chi connectivity index (χ1) is 11.8. The van der Waals surface area contributed by atoms with Gasteiger partial charge in [-0.1, -0.05) is 30.3 Å². The van der Waals surface area contributed by atoms with E-state index in [9.17, 15) is 0 Å². The number of hydrogen-bond donors (Lipinski definition) is 1. The Balaban J connectivity index is 1.46. The average Bonchev–Trinajstić information content (AvgIpc) is 3.26. The van der Waals surface area contributed by atoms with Crippen LogP contribution in [0.25, 0.3) is 11.4 Å². The summed E-state index contributed by atoms with van der Waals surface area (Å²) in [5.74, 6) is 2.23. The van der Waals surface area contributed by atoms with Gasteiger partial charge >= 0.3 is 0 Å². The van der Waals surface area contributed by atoms with E-state index in [1.807, 2.05) is 35.8 Å². The molecule has 3 aromatic rings. The van der Waals surface area contributed by atoms with Gasteiger partial charge in [-0.25, -0.2) is 9.97 Å². The highest BCUT2D eigenvalue weighted by Gasteiger charge is 2.25. The largest absolute Gasteiger partial charge is 0.297 e. The lowest BCUT2D eigenvalue weighted by Crippen LogP contribution is -2.34. The van der Waals surface area contributed by atoms with Gasteiger partial charge in [0.1, 0.15) is 5.82 Å². The number of hydrogen-bond acceptors (Lipinski definition) is 5. The van der Waals surface area contributed by atoms with E-state index in [4.69, 9.17) is 4.98 Å². The summed E-state index contributed by atoms with van der Waals surface area (Å²) >= 11 is 1.75. The van der Waals surface area contributed by atoms with Gasteiger partial charge in [0.2, 0.25) is 0 Å². The molecule has 2 aromatic heterocycles. The van der Waals surface area contributed by atoms with Crippen LogP contribution in [0.2, 0.25) is 0 Å².